The van der Waals surface area contributed by atoms with E-state index in [4.69, 9.17) is 0 Å². The Bertz CT molecular complexity index is 585. The number of carbonyl (C=O) groups is 3. The zero-order chi connectivity index (χ0) is 16.1. The van der Waals surface area contributed by atoms with Gasteiger partial charge in [-0.3, -0.25) is 25.2 Å². The summed E-state index contributed by atoms with van der Waals surface area (Å²) in [7, 11) is 0. The number of hydrazine groups is 1. The highest BCUT2D eigenvalue weighted by Crippen LogP contribution is 2.30. The maximum absolute atomic E-state index is 12.1. The smallest absolute Gasteiger partial charge is 0.307 e. The Morgan fingerprint density at radius 3 is 2.32 bits per heavy atom. The van der Waals surface area contributed by atoms with E-state index in [0.29, 0.717) is 18.4 Å². The van der Waals surface area contributed by atoms with Gasteiger partial charge in [-0.15, -0.1) is 0 Å². The van der Waals surface area contributed by atoms with Gasteiger partial charge in [0.1, 0.15) is 0 Å². The Balaban J connectivity index is 1.96. The minimum Gasteiger partial charge on any atom is -0.481 e. The summed E-state index contributed by atoms with van der Waals surface area (Å²) in [5, 5.41) is 9.18. The number of hydrogen-bond donors (Lipinski definition) is 3. The van der Waals surface area contributed by atoms with Crippen molar-refractivity contribution in [3.05, 3.63) is 35.4 Å². The van der Waals surface area contributed by atoms with Crippen LogP contribution in [0, 0.1) is 18.8 Å². The van der Waals surface area contributed by atoms with Gasteiger partial charge in [0.15, 0.2) is 0 Å². The highest BCUT2D eigenvalue weighted by atomic mass is 16.4. The third-order valence-corrected chi connectivity index (χ3v) is 4.11. The van der Waals surface area contributed by atoms with E-state index in [1.165, 1.54) is 0 Å². The summed E-state index contributed by atoms with van der Waals surface area (Å²) in [6.07, 6.45) is 2.67. The molecule has 1 aliphatic carbocycles. The van der Waals surface area contributed by atoms with Gasteiger partial charge in [0.05, 0.1) is 11.8 Å². The first-order valence-electron chi connectivity index (χ1n) is 7.39. The number of carboxylic acids is 1. The lowest BCUT2D eigenvalue weighted by Gasteiger charge is -2.27. The quantitative estimate of drug-likeness (QED) is 0.740. The standard InChI is InChI=1S/C16H20N2O4/c1-10-6-2-3-7-11(10)14(19)17-18-15(20)12-8-4-5-9-13(12)16(21)22/h2-3,6-7,12-13H,4-5,8-9H2,1H3,(H,17,19)(H,18,20)(H,21,22)/t12-,13+/m1/s1. The lowest BCUT2D eigenvalue weighted by molar-refractivity contribution is -0.149. The fraction of sp³-hybridized carbons (Fsp3) is 0.438. The van der Waals surface area contributed by atoms with Crippen LogP contribution in [0.3, 0.4) is 0 Å². The first-order chi connectivity index (χ1) is 10.5. The molecule has 0 aromatic heterocycles. The summed E-state index contributed by atoms with van der Waals surface area (Å²) in [5.74, 6) is -3.07. The SMILES string of the molecule is Cc1ccccc1C(=O)NNC(=O)[C@@H]1CCCC[C@@H]1C(=O)O. The van der Waals surface area contributed by atoms with E-state index in [1.807, 2.05) is 6.07 Å². The third-order valence-electron chi connectivity index (χ3n) is 4.11. The zero-order valence-electron chi connectivity index (χ0n) is 12.5. The molecule has 1 fully saturated rings. The van der Waals surface area contributed by atoms with Crippen LogP contribution in [-0.4, -0.2) is 22.9 Å². The Hall–Kier alpha value is -2.37. The van der Waals surface area contributed by atoms with Crippen molar-refractivity contribution in [1.82, 2.24) is 10.9 Å². The molecule has 2 rings (SSSR count). The van der Waals surface area contributed by atoms with Gasteiger partial charge >= 0.3 is 5.97 Å². The van der Waals surface area contributed by atoms with Gasteiger partial charge in [0.25, 0.3) is 5.91 Å². The molecule has 0 spiro atoms. The fourth-order valence-corrected chi connectivity index (χ4v) is 2.85. The van der Waals surface area contributed by atoms with Gasteiger partial charge in [-0.1, -0.05) is 31.0 Å². The summed E-state index contributed by atoms with van der Waals surface area (Å²) in [6.45, 7) is 1.80. The van der Waals surface area contributed by atoms with E-state index in [-0.39, 0.29) is 0 Å². The van der Waals surface area contributed by atoms with Gasteiger partial charge in [-0.05, 0) is 31.4 Å². The van der Waals surface area contributed by atoms with E-state index < -0.39 is 29.6 Å². The molecule has 1 saturated carbocycles. The highest BCUT2D eigenvalue weighted by molar-refractivity contribution is 5.97. The number of aliphatic carboxylic acids is 1. The average molecular weight is 304 g/mol. The number of aryl methyl sites for hydroxylation is 1. The van der Waals surface area contributed by atoms with Crippen molar-refractivity contribution in [2.24, 2.45) is 11.8 Å². The van der Waals surface area contributed by atoms with Crippen molar-refractivity contribution in [3.63, 3.8) is 0 Å². The van der Waals surface area contributed by atoms with Crippen molar-refractivity contribution in [1.29, 1.82) is 0 Å². The van der Waals surface area contributed by atoms with Crippen LogP contribution in [0.15, 0.2) is 24.3 Å². The molecule has 2 amide bonds. The van der Waals surface area contributed by atoms with Crippen molar-refractivity contribution < 1.29 is 19.5 Å². The topological polar surface area (TPSA) is 95.5 Å². The molecule has 0 radical (unpaired) electrons. The van der Waals surface area contributed by atoms with Gasteiger partial charge in [-0.2, -0.15) is 0 Å². The van der Waals surface area contributed by atoms with E-state index in [1.54, 1.807) is 25.1 Å². The minimum atomic E-state index is -0.954. The van der Waals surface area contributed by atoms with Gasteiger partial charge in [0, 0.05) is 5.56 Å². The van der Waals surface area contributed by atoms with Crippen molar-refractivity contribution in [3.8, 4) is 0 Å². The van der Waals surface area contributed by atoms with Crippen LogP contribution in [-0.2, 0) is 9.59 Å². The molecule has 0 unspecified atom stereocenters. The molecule has 3 N–H and O–H groups in total. The largest absolute Gasteiger partial charge is 0.481 e. The molecule has 2 atom stereocenters. The number of carbonyl (C=O) groups excluding carboxylic acids is 2. The molecule has 0 aliphatic heterocycles. The van der Waals surface area contributed by atoms with Crippen LogP contribution >= 0.6 is 0 Å². The van der Waals surface area contributed by atoms with Crippen molar-refractivity contribution in [2.75, 3.05) is 0 Å². The summed E-state index contributed by atoms with van der Waals surface area (Å²) in [4.78, 5) is 35.4. The third kappa shape index (κ3) is 3.63. The lowest BCUT2D eigenvalue weighted by Crippen LogP contribution is -2.48. The Kier molecular flexibility index (Phi) is 5.14. The van der Waals surface area contributed by atoms with Gasteiger partial charge in [-0.25, -0.2) is 0 Å². The van der Waals surface area contributed by atoms with Crippen LogP contribution in [0.25, 0.3) is 0 Å². The highest BCUT2D eigenvalue weighted by Gasteiger charge is 2.35. The molecule has 6 heteroatoms. The molecule has 0 bridgehead atoms. The maximum Gasteiger partial charge on any atom is 0.307 e. The molecule has 118 valence electrons. The average Bonchev–Trinajstić information content (AvgIpc) is 2.52. The molecule has 0 saturated heterocycles. The minimum absolute atomic E-state index is 0.408. The van der Waals surface area contributed by atoms with Crippen LogP contribution in [0.2, 0.25) is 0 Å². The maximum atomic E-state index is 12.1. The molecular formula is C16H20N2O4. The Morgan fingerprint density at radius 1 is 1.05 bits per heavy atom. The molecule has 0 heterocycles. The number of benzene rings is 1. The van der Waals surface area contributed by atoms with E-state index in [0.717, 1.165) is 18.4 Å². The summed E-state index contributed by atoms with van der Waals surface area (Å²) in [6, 6.07) is 7.03. The summed E-state index contributed by atoms with van der Waals surface area (Å²) in [5.41, 5.74) is 6.00. The molecule has 6 nitrogen and oxygen atoms in total. The lowest BCUT2D eigenvalue weighted by atomic mass is 9.79. The molecule has 1 aliphatic rings. The van der Waals surface area contributed by atoms with Crippen LogP contribution in [0.4, 0.5) is 0 Å². The van der Waals surface area contributed by atoms with E-state index in [2.05, 4.69) is 10.9 Å². The monoisotopic (exact) mass is 304 g/mol. The van der Waals surface area contributed by atoms with Crippen molar-refractivity contribution in [2.45, 2.75) is 32.6 Å². The molecule has 1 aromatic rings. The molecule has 22 heavy (non-hydrogen) atoms. The summed E-state index contributed by atoms with van der Waals surface area (Å²) < 4.78 is 0. The van der Waals surface area contributed by atoms with Gasteiger partial charge < -0.3 is 5.11 Å². The number of carboxylic acid groups (broad SMARTS) is 1. The predicted octanol–water partition coefficient (Wildman–Crippen LogP) is 1.65. The van der Waals surface area contributed by atoms with Crippen molar-refractivity contribution >= 4 is 17.8 Å². The first-order valence-corrected chi connectivity index (χ1v) is 7.39. The molecular weight excluding hydrogens is 284 g/mol. The fourth-order valence-electron chi connectivity index (χ4n) is 2.85. The first kappa shape index (κ1) is 16.0. The second-order valence-electron chi connectivity index (χ2n) is 5.59. The summed E-state index contributed by atoms with van der Waals surface area (Å²) >= 11 is 0. The predicted molar refractivity (Wildman–Crippen MR) is 79.9 cm³/mol. The van der Waals surface area contributed by atoms with E-state index in [9.17, 15) is 19.5 Å². The number of nitrogens with one attached hydrogen (secondary N) is 2. The van der Waals surface area contributed by atoms with Crippen LogP contribution < -0.4 is 10.9 Å². The Morgan fingerprint density at radius 2 is 1.68 bits per heavy atom. The number of hydrogen-bond acceptors (Lipinski definition) is 3. The van der Waals surface area contributed by atoms with E-state index >= 15 is 0 Å². The van der Waals surface area contributed by atoms with Crippen LogP contribution in [0.5, 0.6) is 0 Å². The second kappa shape index (κ2) is 7.06. The Labute approximate surface area is 128 Å². The molecule has 1 aromatic carbocycles. The second-order valence-corrected chi connectivity index (χ2v) is 5.59. The number of rotatable bonds is 3. The number of amides is 2. The normalized spacial score (nSPS) is 21.0. The van der Waals surface area contributed by atoms with Crippen LogP contribution in [0.1, 0.15) is 41.6 Å². The zero-order valence-corrected chi connectivity index (χ0v) is 12.5. The van der Waals surface area contributed by atoms with Gasteiger partial charge in [0.2, 0.25) is 5.91 Å².